The fourth-order valence-electron chi connectivity index (χ4n) is 1.54. The summed E-state index contributed by atoms with van der Waals surface area (Å²) in [4.78, 5) is 23.8. The first-order valence-electron chi connectivity index (χ1n) is 4.61. The monoisotopic (exact) mass is 209 g/mol. The Hall–Kier alpha value is -1.85. The van der Waals surface area contributed by atoms with Crippen molar-refractivity contribution in [3.05, 3.63) is 17.5 Å². The van der Waals surface area contributed by atoms with E-state index in [9.17, 15) is 9.59 Å². The van der Waals surface area contributed by atoms with E-state index in [1.807, 2.05) is 0 Å². The third-order valence-corrected chi connectivity index (χ3v) is 2.58. The van der Waals surface area contributed by atoms with Crippen LogP contribution in [0.4, 0.5) is 0 Å². The summed E-state index contributed by atoms with van der Waals surface area (Å²) in [5, 5.41) is 15.1. The number of aliphatic carboxylic acids is 1. The number of likely N-dealkylation sites (tertiary alicyclic amines) is 1. The van der Waals surface area contributed by atoms with Crippen LogP contribution >= 0.6 is 0 Å². The lowest BCUT2D eigenvalue weighted by Crippen LogP contribution is -2.53. The highest BCUT2D eigenvalue weighted by Gasteiger charge is 2.36. The molecule has 0 saturated carbocycles. The second-order valence-electron chi connectivity index (χ2n) is 3.65. The average Bonchev–Trinajstić information content (AvgIpc) is 2.47. The summed E-state index contributed by atoms with van der Waals surface area (Å²) in [5.74, 6) is -1.41. The minimum atomic E-state index is -0.844. The van der Waals surface area contributed by atoms with Crippen molar-refractivity contribution in [2.45, 2.75) is 6.92 Å². The van der Waals surface area contributed by atoms with Crippen molar-refractivity contribution < 1.29 is 14.7 Å². The van der Waals surface area contributed by atoms with Crippen molar-refractivity contribution in [2.75, 3.05) is 13.1 Å². The zero-order valence-corrected chi connectivity index (χ0v) is 8.23. The van der Waals surface area contributed by atoms with Crippen LogP contribution in [0.25, 0.3) is 0 Å². The van der Waals surface area contributed by atoms with Gasteiger partial charge in [-0.05, 0) is 6.92 Å². The van der Waals surface area contributed by atoms with Crippen LogP contribution < -0.4 is 0 Å². The number of carboxylic acid groups (broad SMARTS) is 1. The van der Waals surface area contributed by atoms with E-state index >= 15 is 0 Å². The molecule has 1 amide bonds. The van der Waals surface area contributed by atoms with Gasteiger partial charge in [-0.15, -0.1) is 0 Å². The number of aromatic amines is 1. The van der Waals surface area contributed by atoms with Gasteiger partial charge in [-0.25, -0.2) is 0 Å². The molecule has 1 aliphatic rings. The smallest absolute Gasteiger partial charge is 0.310 e. The molecule has 1 aliphatic heterocycles. The average molecular weight is 209 g/mol. The maximum atomic E-state index is 11.8. The van der Waals surface area contributed by atoms with Crippen molar-refractivity contribution in [1.29, 1.82) is 0 Å². The first kappa shape index (κ1) is 9.70. The van der Waals surface area contributed by atoms with Gasteiger partial charge in [0.25, 0.3) is 5.91 Å². The minimum absolute atomic E-state index is 0.154. The van der Waals surface area contributed by atoms with E-state index in [-0.39, 0.29) is 5.91 Å². The molecule has 6 heteroatoms. The largest absolute Gasteiger partial charge is 0.481 e. The summed E-state index contributed by atoms with van der Waals surface area (Å²) < 4.78 is 0. The van der Waals surface area contributed by atoms with Crippen LogP contribution in [0.3, 0.4) is 0 Å². The molecular weight excluding hydrogens is 198 g/mol. The van der Waals surface area contributed by atoms with Gasteiger partial charge >= 0.3 is 5.97 Å². The minimum Gasteiger partial charge on any atom is -0.481 e. The van der Waals surface area contributed by atoms with Gasteiger partial charge in [0.15, 0.2) is 0 Å². The number of aryl methyl sites for hydroxylation is 1. The fraction of sp³-hybridized carbons (Fsp3) is 0.444. The van der Waals surface area contributed by atoms with E-state index in [2.05, 4.69) is 10.2 Å². The lowest BCUT2D eigenvalue weighted by molar-refractivity contribution is -0.146. The Morgan fingerprint density at radius 2 is 2.27 bits per heavy atom. The van der Waals surface area contributed by atoms with Gasteiger partial charge in [0, 0.05) is 18.8 Å². The number of hydrogen-bond acceptors (Lipinski definition) is 3. The van der Waals surface area contributed by atoms with Crippen molar-refractivity contribution in [2.24, 2.45) is 5.92 Å². The molecule has 0 aromatic carbocycles. The number of hydrogen-bond donors (Lipinski definition) is 2. The van der Waals surface area contributed by atoms with Gasteiger partial charge < -0.3 is 10.0 Å². The molecule has 15 heavy (non-hydrogen) atoms. The topological polar surface area (TPSA) is 86.3 Å². The van der Waals surface area contributed by atoms with Crippen molar-refractivity contribution in [3.63, 3.8) is 0 Å². The summed E-state index contributed by atoms with van der Waals surface area (Å²) in [7, 11) is 0. The molecule has 0 atom stereocenters. The van der Waals surface area contributed by atoms with Gasteiger partial charge in [-0.2, -0.15) is 5.10 Å². The third kappa shape index (κ3) is 1.58. The number of rotatable bonds is 2. The van der Waals surface area contributed by atoms with Crippen molar-refractivity contribution >= 4 is 11.9 Å². The Balaban J connectivity index is 2.01. The SMILES string of the molecule is Cc1[nH]ncc1C(=O)N1CC(C(=O)O)C1. The molecule has 0 aliphatic carbocycles. The van der Waals surface area contributed by atoms with Gasteiger partial charge in [-0.1, -0.05) is 0 Å². The number of carbonyl (C=O) groups excluding carboxylic acids is 1. The number of carbonyl (C=O) groups is 2. The van der Waals surface area contributed by atoms with Crippen LogP contribution in [0.15, 0.2) is 6.20 Å². The Labute approximate surface area is 85.9 Å². The Morgan fingerprint density at radius 3 is 2.73 bits per heavy atom. The standard InChI is InChI=1S/C9H11N3O3/c1-5-7(2-10-11-5)8(13)12-3-6(4-12)9(14)15/h2,6H,3-4H2,1H3,(H,10,11)(H,14,15). The van der Waals surface area contributed by atoms with E-state index in [1.54, 1.807) is 6.92 Å². The highest BCUT2D eigenvalue weighted by atomic mass is 16.4. The summed E-state index contributed by atoms with van der Waals surface area (Å²) >= 11 is 0. The third-order valence-electron chi connectivity index (χ3n) is 2.58. The van der Waals surface area contributed by atoms with Crippen LogP contribution in [0, 0.1) is 12.8 Å². The maximum Gasteiger partial charge on any atom is 0.310 e. The predicted octanol–water partition coefficient (Wildman–Crippen LogP) is -0.125. The number of nitrogens with one attached hydrogen (secondary N) is 1. The normalized spacial score (nSPS) is 16.2. The van der Waals surface area contributed by atoms with Crippen molar-refractivity contribution in [1.82, 2.24) is 15.1 Å². The summed E-state index contributed by atoms with van der Waals surface area (Å²) in [5.41, 5.74) is 1.22. The molecule has 2 N–H and O–H groups in total. The number of nitrogens with zero attached hydrogens (tertiary/aromatic N) is 2. The van der Waals surface area contributed by atoms with Crippen LogP contribution in [-0.2, 0) is 4.79 Å². The highest BCUT2D eigenvalue weighted by Crippen LogP contribution is 2.19. The van der Waals surface area contributed by atoms with Gasteiger partial charge in [-0.3, -0.25) is 14.7 Å². The fourth-order valence-corrected chi connectivity index (χ4v) is 1.54. The molecule has 0 unspecified atom stereocenters. The Morgan fingerprint density at radius 1 is 1.60 bits per heavy atom. The number of carboxylic acids is 1. The van der Waals surface area contributed by atoms with Crippen LogP contribution in [0.2, 0.25) is 0 Å². The lowest BCUT2D eigenvalue weighted by Gasteiger charge is -2.36. The van der Waals surface area contributed by atoms with E-state index in [1.165, 1.54) is 11.1 Å². The molecule has 1 aromatic rings. The molecular formula is C9H11N3O3. The Bertz CT molecular complexity index is 406. The van der Waals surface area contributed by atoms with Crippen LogP contribution in [0.5, 0.6) is 0 Å². The lowest BCUT2D eigenvalue weighted by atomic mass is 9.99. The zero-order valence-electron chi connectivity index (χ0n) is 8.23. The summed E-state index contributed by atoms with van der Waals surface area (Å²) in [6.07, 6.45) is 1.46. The van der Waals surface area contributed by atoms with E-state index in [0.29, 0.717) is 24.3 Å². The molecule has 0 bridgehead atoms. The molecule has 0 radical (unpaired) electrons. The van der Waals surface area contributed by atoms with Gasteiger partial charge in [0.1, 0.15) is 0 Å². The molecule has 6 nitrogen and oxygen atoms in total. The second kappa shape index (κ2) is 3.38. The zero-order chi connectivity index (χ0) is 11.0. The molecule has 2 rings (SSSR count). The van der Waals surface area contributed by atoms with E-state index in [4.69, 9.17) is 5.11 Å². The van der Waals surface area contributed by atoms with Crippen LogP contribution in [-0.4, -0.2) is 45.2 Å². The highest BCUT2D eigenvalue weighted by molar-refractivity contribution is 5.96. The molecule has 0 spiro atoms. The van der Waals surface area contributed by atoms with E-state index < -0.39 is 11.9 Å². The number of amides is 1. The van der Waals surface area contributed by atoms with Crippen molar-refractivity contribution in [3.8, 4) is 0 Å². The molecule has 1 saturated heterocycles. The second-order valence-corrected chi connectivity index (χ2v) is 3.65. The summed E-state index contributed by atoms with van der Waals surface area (Å²) in [6, 6.07) is 0. The first-order chi connectivity index (χ1) is 7.09. The quantitative estimate of drug-likeness (QED) is 0.710. The maximum absolute atomic E-state index is 11.8. The first-order valence-corrected chi connectivity index (χ1v) is 4.61. The predicted molar refractivity (Wildman–Crippen MR) is 50.4 cm³/mol. The molecule has 1 fully saturated rings. The van der Waals surface area contributed by atoms with Gasteiger partial charge in [0.05, 0.1) is 17.7 Å². The van der Waals surface area contributed by atoms with E-state index in [0.717, 1.165) is 0 Å². The van der Waals surface area contributed by atoms with Gasteiger partial charge in [0.2, 0.25) is 0 Å². The van der Waals surface area contributed by atoms with Crippen LogP contribution in [0.1, 0.15) is 16.1 Å². The number of aromatic nitrogens is 2. The molecule has 80 valence electrons. The number of H-pyrrole nitrogens is 1. The summed E-state index contributed by atoms with van der Waals surface area (Å²) in [6.45, 7) is 2.34. The Kier molecular flexibility index (Phi) is 2.18. The molecule has 1 aromatic heterocycles. The molecule has 2 heterocycles.